The summed E-state index contributed by atoms with van der Waals surface area (Å²) in [5, 5.41) is 2.55. The second-order valence-corrected chi connectivity index (χ2v) is 2.86. The molecule has 0 bridgehead atoms. The number of nitrogens with one attached hydrogen (secondary N) is 1. The molecule has 0 aromatic heterocycles. The average Bonchev–Trinajstić information content (AvgIpc) is 2.26. The van der Waals surface area contributed by atoms with Crippen molar-refractivity contribution in [2.24, 2.45) is 5.73 Å². The van der Waals surface area contributed by atoms with Crippen molar-refractivity contribution >= 4 is 18.3 Å². The quantitative estimate of drug-likeness (QED) is 0.754. The first-order valence-corrected chi connectivity index (χ1v) is 4.57. The summed E-state index contributed by atoms with van der Waals surface area (Å²) in [6.07, 6.45) is 0. The minimum atomic E-state index is -0.307. The zero-order valence-corrected chi connectivity index (χ0v) is 9.43. The van der Waals surface area contributed by atoms with Crippen LogP contribution in [0.2, 0.25) is 0 Å². The number of amides is 1. The highest BCUT2D eigenvalue weighted by molar-refractivity contribution is 5.85. The lowest BCUT2D eigenvalue weighted by atomic mass is 10.3. The summed E-state index contributed by atoms with van der Waals surface area (Å²) in [6.45, 7) is 0.682. The molecule has 0 fully saturated rings. The molecule has 0 saturated carbocycles. The van der Waals surface area contributed by atoms with Gasteiger partial charge in [-0.25, -0.2) is 4.39 Å². The van der Waals surface area contributed by atoms with Crippen LogP contribution in [0.4, 0.5) is 4.39 Å². The van der Waals surface area contributed by atoms with Crippen molar-refractivity contribution in [2.45, 2.75) is 0 Å². The predicted molar refractivity (Wildman–Crippen MR) is 61.2 cm³/mol. The van der Waals surface area contributed by atoms with Crippen LogP contribution in [0.1, 0.15) is 0 Å². The van der Waals surface area contributed by atoms with Crippen molar-refractivity contribution in [1.82, 2.24) is 5.32 Å². The maximum atomic E-state index is 12.5. The van der Waals surface area contributed by atoms with E-state index in [-0.39, 0.29) is 30.7 Å². The molecule has 1 amide bonds. The minimum absolute atomic E-state index is 0. The fourth-order valence-corrected chi connectivity index (χ4v) is 0.962. The summed E-state index contributed by atoms with van der Waals surface area (Å²) < 4.78 is 17.7. The maximum Gasteiger partial charge on any atom is 0.233 e. The van der Waals surface area contributed by atoms with E-state index in [0.29, 0.717) is 18.9 Å². The lowest BCUT2D eigenvalue weighted by molar-refractivity contribution is -0.119. The Morgan fingerprint density at radius 2 is 2.00 bits per heavy atom. The molecule has 0 heterocycles. The first-order chi connectivity index (χ1) is 7.22. The van der Waals surface area contributed by atoms with Crippen molar-refractivity contribution in [3.05, 3.63) is 30.1 Å². The highest BCUT2D eigenvalue weighted by Crippen LogP contribution is 2.10. The SMILES string of the molecule is Cl.NCC(=O)NCCOc1ccc(F)cc1. The van der Waals surface area contributed by atoms with Gasteiger partial charge in [0.15, 0.2) is 0 Å². The summed E-state index contributed by atoms with van der Waals surface area (Å²) in [5.74, 6) is 0.0369. The van der Waals surface area contributed by atoms with Crippen molar-refractivity contribution in [2.75, 3.05) is 19.7 Å². The van der Waals surface area contributed by atoms with Crippen LogP contribution in [0.25, 0.3) is 0 Å². The van der Waals surface area contributed by atoms with Crippen LogP contribution in [0.3, 0.4) is 0 Å². The summed E-state index contributed by atoms with van der Waals surface area (Å²) in [6, 6.07) is 5.68. The van der Waals surface area contributed by atoms with Crippen LogP contribution >= 0.6 is 12.4 Å². The number of halogens is 2. The third-order valence-corrected chi connectivity index (χ3v) is 1.69. The zero-order valence-electron chi connectivity index (χ0n) is 8.61. The van der Waals surface area contributed by atoms with Crippen molar-refractivity contribution in [3.8, 4) is 5.75 Å². The molecule has 0 radical (unpaired) electrons. The Hall–Kier alpha value is -1.33. The van der Waals surface area contributed by atoms with Crippen LogP contribution < -0.4 is 15.8 Å². The van der Waals surface area contributed by atoms with E-state index in [9.17, 15) is 9.18 Å². The zero-order chi connectivity index (χ0) is 11.1. The van der Waals surface area contributed by atoms with Crippen LogP contribution in [0.5, 0.6) is 5.75 Å². The lowest BCUT2D eigenvalue weighted by Crippen LogP contribution is -2.33. The molecule has 0 aliphatic heterocycles. The third-order valence-electron chi connectivity index (χ3n) is 1.69. The Morgan fingerprint density at radius 1 is 1.38 bits per heavy atom. The molecule has 0 spiro atoms. The van der Waals surface area contributed by atoms with Gasteiger partial charge < -0.3 is 15.8 Å². The maximum absolute atomic E-state index is 12.5. The molecule has 1 aromatic rings. The van der Waals surface area contributed by atoms with Crippen molar-refractivity contribution in [1.29, 1.82) is 0 Å². The molecule has 0 aliphatic rings. The molecule has 6 heteroatoms. The van der Waals surface area contributed by atoms with Crippen LogP contribution in [-0.4, -0.2) is 25.6 Å². The van der Waals surface area contributed by atoms with E-state index in [4.69, 9.17) is 10.5 Å². The van der Waals surface area contributed by atoms with Gasteiger partial charge in [0.25, 0.3) is 0 Å². The van der Waals surface area contributed by atoms with E-state index in [1.165, 1.54) is 24.3 Å². The molecule has 3 N–H and O–H groups in total. The number of rotatable bonds is 5. The predicted octanol–water partition coefficient (Wildman–Crippen LogP) is 0.701. The molecule has 16 heavy (non-hydrogen) atoms. The van der Waals surface area contributed by atoms with E-state index >= 15 is 0 Å². The largest absolute Gasteiger partial charge is 0.492 e. The van der Waals surface area contributed by atoms with Gasteiger partial charge in [0.1, 0.15) is 18.2 Å². The monoisotopic (exact) mass is 248 g/mol. The van der Waals surface area contributed by atoms with Gasteiger partial charge in [-0.2, -0.15) is 0 Å². The van der Waals surface area contributed by atoms with Crippen LogP contribution in [0, 0.1) is 5.82 Å². The third kappa shape index (κ3) is 5.53. The number of carbonyl (C=O) groups is 1. The van der Waals surface area contributed by atoms with E-state index in [1.807, 2.05) is 0 Å². The Morgan fingerprint density at radius 3 is 2.56 bits per heavy atom. The minimum Gasteiger partial charge on any atom is -0.492 e. The van der Waals surface area contributed by atoms with Gasteiger partial charge in [0, 0.05) is 0 Å². The first kappa shape index (κ1) is 14.7. The van der Waals surface area contributed by atoms with Gasteiger partial charge in [0.2, 0.25) is 5.91 Å². The molecular weight excluding hydrogens is 235 g/mol. The summed E-state index contributed by atoms with van der Waals surface area (Å²) in [7, 11) is 0. The van der Waals surface area contributed by atoms with Gasteiger partial charge in [0.05, 0.1) is 13.1 Å². The fourth-order valence-electron chi connectivity index (χ4n) is 0.962. The Labute approximate surface area is 99.4 Å². The first-order valence-electron chi connectivity index (χ1n) is 4.57. The number of carbonyl (C=O) groups excluding carboxylic acids is 1. The second-order valence-electron chi connectivity index (χ2n) is 2.86. The van der Waals surface area contributed by atoms with Crippen molar-refractivity contribution < 1.29 is 13.9 Å². The molecule has 1 rings (SSSR count). The molecule has 0 unspecified atom stereocenters. The summed E-state index contributed by atoms with van der Waals surface area (Å²) in [4.78, 5) is 10.7. The summed E-state index contributed by atoms with van der Waals surface area (Å²) in [5.41, 5.74) is 5.09. The Balaban J connectivity index is 0.00000225. The van der Waals surface area contributed by atoms with Gasteiger partial charge in [-0.1, -0.05) is 0 Å². The van der Waals surface area contributed by atoms with E-state index in [1.54, 1.807) is 0 Å². The summed E-state index contributed by atoms with van der Waals surface area (Å²) >= 11 is 0. The van der Waals surface area contributed by atoms with Gasteiger partial charge in [-0.15, -0.1) is 12.4 Å². The second kappa shape index (κ2) is 7.90. The molecule has 1 aromatic carbocycles. The number of nitrogens with two attached hydrogens (primary N) is 1. The molecule has 0 saturated heterocycles. The number of hydrogen-bond donors (Lipinski definition) is 2. The van der Waals surface area contributed by atoms with Crippen LogP contribution in [0.15, 0.2) is 24.3 Å². The molecule has 90 valence electrons. The highest BCUT2D eigenvalue weighted by Gasteiger charge is 1.97. The molecule has 4 nitrogen and oxygen atoms in total. The standard InChI is InChI=1S/C10H13FN2O2.ClH/c11-8-1-3-9(4-2-8)15-6-5-13-10(14)7-12;/h1-4H,5-7,12H2,(H,13,14);1H. The topological polar surface area (TPSA) is 64.4 Å². The Kier molecular flexibility index (Phi) is 7.24. The number of hydrogen-bond acceptors (Lipinski definition) is 3. The molecule has 0 atom stereocenters. The lowest BCUT2D eigenvalue weighted by Gasteiger charge is -2.06. The van der Waals surface area contributed by atoms with Gasteiger partial charge >= 0.3 is 0 Å². The average molecular weight is 249 g/mol. The number of ether oxygens (including phenoxy) is 1. The van der Waals surface area contributed by atoms with E-state index in [0.717, 1.165) is 0 Å². The molecular formula is C10H14ClFN2O2. The van der Waals surface area contributed by atoms with Gasteiger partial charge in [-0.05, 0) is 24.3 Å². The van der Waals surface area contributed by atoms with E-state index in [2.05, 4.69) is 5.32 Å². The smallest absolute Gasteiger partial charge is 0.233 e. The fraction of sp³-hybridized carbons (Fsp3) is 0.300. The Bertz CT molecular complexity index is 319. The molecule has 0 aliphatic carbocycles. The highest BCUT2D eigenvalue weighted by atomic mass is 35.5. The number of benzene rings is 1. The van der Waals surface area contributed by atoms with Crippen molar-refractivity contribution in [3.63, 3.8) is 0 Å². The van der Waals surface area contributed by atoms with Gasteiger partial charge in [-0.3, -0.25) is 4.79 Å². The van der Waals surface area contributed by atoms with E-state index < -0.39 is 0 Å². The normalized spacial score (nSPS) is 9.12. The van der Waals surface area contributed by atoms with Crippen LogP contribution in [-0.2, 0) is 4.79 Å².